The van der Waals surface area contributed by atoms with Crippen molar-refractivity contribution < 1.29 is 4.79 Å². The van der Waals surface area contributed by atoms with Crippen molar-refractivity contribution in [3.05, 3.63) is 52.3 Å². The largest absolute Gasteiger partial charge is 0.349 e. The van der Waals surface area contributed by atoms with Crippen LogP contribution in [0.5, 0.6) is 0 Å². The lowest BCUT2D eigenvalue weighted by Gasteiger charge is -2.32. The minimum Gasteiger partial charge on any atom is -0.349 e. The number of fused-ring (bicyclic) bond motifs is 1. The highest BCUT2D eigenvalue weighted by molar-refractivity contribution is 5.79. The zero-order valence-corrected chi connectivity index (χ0v) is 18.6. The number of piperidine rings is 1. The Bertz CT molecular complexity index is 882. The summed E-state index contributed by atoms with van der Waals surface area (Å²) in [6, 6.07) is 8.93. The van der Waals surface area contributed by atoms with E-state index in [-0.39, 0.29) is 17.9 Å². The maximum atomic E-state index is 13.0. The standard InChI is InChI=1S/C25H34N4O/c1-4-23(22-10-9-19-7-5-6-8-21(19)16-22)28-24(30)20-11-13-29(14-12-20)25-26-17(2)15-18(3)27-25/h9-10,15-16,20,23H,4-8,11-14H2,1-3H3,(H,28,30). The van der Waals surface area contributed by atoms with Crippen LogP contribution in [-0.2, 0) is 17.6 Å². The average molecular weight is 407 g/mol. The predicted molar refractivity (Wildman–Crippen MR) is 121 cm³/mol. The van der Waals surface area contributed by atoms with E-state index in [4.69, 9.17) is 0 Å². The zero-order valence-electron chi connectivity index (χ0n) is 18.6. The Labute approximate surface area is 180 Å². The number of hydrogen-bond donors (Lipinski definition) is 1. The highest BCUT2D eigenvalue weighted by Gasteiger charge is 2.28. The normalized spacial score (nSPS) is 18.0. The van der Waals surface area contributed by atoms with Crippen molar-refractivity contribution in [3.63, 3.8) is 0 Å². The van der Waals surface area contributed by atoms with E-state index < -0.39 is 0 Å². The summed E-state index contributed by atoms with van der Waals surface area (Å²) in [5.74, 6) is 1.06. The van der Waals surface area contributed by atoms with E-state index in [9.17, 15) is 4.79 Å². The average Bonchev–Trinajstić information content (AvgIpc) is 2.76. The minimum atomic E-state index is 0.0684. The van der Waals surface area contributed by atoms with E-state index >= 15 is 0 Å². The summed E-state index contributed by atoms with van der Waals surface area (Å²) in [4.78, 5) is 24.4. The van der Waals surface area contributed by atoms with Gasteiger partial charge in [-0.15, -0.1) is 0 Å². The van der Waals surface area contributed by atoms with Crippen molar-refractivity contribution in [2.45, 2.75) is 71.8 Å². The first-order valence-corrected chi connectivity index (χ1v) is 11.5. The fourth-order valence-corrected chi connectivity index (χ4v) is 4.87. The molecule has 0 radical (unpaired) electrons. The molecule has 2 heterocycles. The van der Waals surface area contributed by atoms with E-state index in [0.29, 0.717) is 0 Å². The smallest absolute Gasteiger partial charge is 0.225 e. The molecule has 1 aliphatic heterocycles. The summed E-state index contributed by atoms with van der Waals surface area (Å²) in [6.45, 7) is 7.82. The topological polar surface area (TPSA) is 58.1 Å². The third kappa shape index (κ3) is 4.66. The first-order valence-electron chi connectivity index (χ1n) is 11.5. The second kappa shape index (κ2) is 9.15. The van der Waals surface area contributed by atoms with Crippen LogP contribution in [0.3, 0.4) is 0 Å². The van der Waals surface area contributed by atoms with Crippen molar-refractivity contribution in [1.29, 1.82) is 0 Å². The molecule has 0 bridgehead atoms. The number of benzene rings is 1. The zero-order chi connectivity index (χ0) is 21.1. The molecule has 5 heteroatoms. The van der Waals surface area contributed by atoms with Crippen LogP contribution < -0.4 is 10.2 Å². The molecule has 2 aliphatic rings. The number of aromatic nitrogens is 2. The first kappa shape index (κ1) is 20.8. The molecule has 1 unspecified atom stereocenters. The second-order valence-electron chi connectivity index (χ2n) is 8.92. The molecule has 4 rings (SSSR count). The molecule has 160 valence electrons. The lowest BCUT2D eigenvalue weighted by molar-refractivity contribution is -0.126. The van der Waals surface area contributed by atoms with Gasteiger partial charge in [-0.25, -0.2) is 9.97 Å². The molecule has 1 aromatic heterocycles. The summed E-state index contributed by atoms with van der Waals surface area (Å²) >= 11 is 0. The van der Waals surface area contributed by atoms with Gasteiger partial charge in [0.15, 0.2) is 0 Å². The monoisotopic (exact) mass is 406 g/mol. The number of amides is 1. The van der Waals surface area contributed by atoms with Gasteiger partial charge in [-0.2, -0.15) is 0 Å². The Morgan fingerprint density at radius 1 is 1.07 bits per heavy atom. The van der Waals surface area contributed by atoms with Crippen molar-refractivity contribution in [2.24, 2.45) is 5.92 Å². The summed E-state index contributed by atoms with van der Waals surface area (Å²) in [6.07, 6.45) is 7.56. The maximum absolute atomic E-state index is 13.0. The lowest BCUT2D eigenvalue weighted by atomic mass is 9.88. The molecule has 1 fully saturated rings. The molecule has 1 aromatic carbocycles. The van der Waals surface area contributed by atoms with Crippen LogP contribution in [0.1, 0.15) is 73.1 Å². The fraction of sp³-hybridized carbons (Fsp3) is 0.560. The van der Waals surface area contributed by atoms with Gasteiger partial charge in [0, 0.05) is 30.4 Å². The Morgan fingerprint density at radius 3 is 2.40 bits per heavy atom. The molecule has 1 atom stereocenters. The molecule has 1 amide bonds. The van der Waals surface area contributed by atoms with Gasteiger partial charge in [-0.1, -0.05) is 25.1 Å². The van der Waals surface area contributed by atoms with Gasteiger partial charge in [0.2, 0.25) is 11.9 Å². The number of hydrogen-bond acceptors (Lipinski definition) is 4. The van der Waals surface area contributed by atoms with Gasteiger partial charge in [0.05, 0.1) is 6.04 Å². The number of carbonyl (C=O) groups excluding carboxylic acids is 1. The number of nitrogens with one attached hydrogen (secondary N) is 1. The van der Waals surface area contributed by atoms with E-state index in [0.717, 1.165) is 49.7 Å². The second-order valence-corrected chi connectivity index (χ2v) is 8.92. The molecule has 1 saturated heterocycles. The lowest BCUT2D eigenvalue weighted by Crippen LogP contribution is -2.42. The van der Waals surface area contributed by atoms with E-state index in [1.807, 2.05) is 19.9 Å². The number of nitrogens with zero attached hydrogens (tertiary/aromatic N) is 3. The summed E-state index contributed by atoms with van der Waals surface area (Å²) in [5.41, 5.74) is 6.22. The highest BCUT2D eigenvalue weighted by Crippen LogP contribution is 2.27. The third-order valence-corrected chi connectivity index (χ3v) is 6.62. The molecule has 1 N–H and O–H groups in total. The van der Waals surface area contributed by atoms with Crippen molar-refractivity contribution >= 4 is 11.9 Å². The summed E-state index contributed by atoms with van der Waals surface area (Å²) < 4.78 is 0. The molecule has 1 aliphatic carbocycles. The van der Waals surface area contributed by atoms with Gasteiger partial charge < -0.3 is 10.2 Å². The Kier molecular flexibility index (Phi) is 6.35. The minimum absolute atomic E-state index is 0.0684. The van der Waals surface area contributed by atoms with Crippen LogP contribution in [0.25, 0.3) is 0 Å². The van der Waals surface area contributed by atoms with E-state index in [1.54, 1.807) is 0 Å². The van der Waals surface area contributed by atoms with Crippen molar-refractivity contribution in [2.75, 3.05) is 18.0 Å². The molecular formula is C25H34N4O. The van der Waals surface area contributed by atoms with Crippen LogP contribution in [0.15, 0.2) is 24.3 Å². The predicted octanol–water partition coefficient (Wildman–Crippen LogP) is 4.46. The summed E-state index contributed by atoms with van der Waals surface area (Å²) in [5, 5.41) is 3.34. The number of carbonyl (C=O) groups is 1. The van der Waals surface area contributed by atoms with E-state index in [2.05, 4.69) is 45.3 Å². The Morgan fingerprint density at radius 2 is 1.73 bits per heavy atom. The van der Waals surface area contributed by atoms with Gasteiger partial charge in [-0.3, -0.25) is 4.79 Å². The van der Waals surface area contributed by atoms with Crippen LogP contribution >= 0.6 is 0 Å². The van der Waals surface area contributed by atoms with Crippen LogP contribution in [-0.4, -0.2) is 29.0 Å². The number of rotatable bonds is 5. The first-order chi connectivity index (χ1) is 14.5. The molecule has 30 heavy (non-hydrogen) atoms. The molecule has 0 saturated carbocycles. The maximum Gasteiger partial charge on any atom is 0.225 e. The molecule has 0 spiro atoms. The quantitative estimate of drug-likeness (QED) is 0.797. The SMILES string of the molecule is CCC(NC(=O)C1CCN(c2nc(C)cc(C)n2)CC1)c1ccc2c(c1)CCCC2. The number of anilines is 1. The Hall–Kier alpha value is -2.43. The molecular weight excluding hydrogens is 372 g/mol. The van der Waals surface area contributed by atoms with Gasteiger partial charge in [0.1, 0.15) is 0 Å². The number of aryl methyl sites for hydroxylation is 4. The van der Waals surface area contributed by atoms with Gasteiger partial charge in [-0.05, 0) is 81.5 Å². The summed E-state index contributed by atoms with van der Waals surface area (Å²) in [7, 11) is 0. The Balaban J connectivity index is 1.36. The fourth-order valence-electron chi connectivity index (χ4n) is 4.87. The van der Waals surface area contributed by atoms with E-state index in [1.165, 1.54) is 42.4 Å². The van der Waals surface area contributed by atoms with Crippen LogP contribution in [0.4, 0.5) is 5.95 Å². The van der Waals surface area contributed by atoms with Crippen LogP contribution in [0.2, 0.25) is 0 Å². The molecule has 5 nitrogen and oxygen atoms in total. The van der Waals surface area contributed by atoms with Crippen LogP contribution in [0, 0.1) is 19.8 Å². The van der Waals surface area contributed by atoms with Crippen molar-refractivity contribution in [1.82, 2.24) is 15.3 Å². The van der Waals surface area contributed by atoms with Crippen molar-refractivity contribution in [3.8, 4) is 0 Å². The van der Waals surface area contributed by atoms with Gasteiger partial charge in [0.25, 0.3) is 0 Å². The molecule has 2 aromatic rings. The third-order valence-electron chi connectivity index (χ3n) is 6.62. The van der Waals surface area contributed by atoms with Gasteiger partial charge >= 0.3 is 0 Å². The highest BCUT2D eigenvalue weighted by atomic mass is 16.1.